The number of carbonyl (C=O) groups is 2. The maximum atomic E-state index is 12.5. The summed E-state index contributed by atoms with van der Waals surface area (Å²) in [4.78, 5) is 23.9. The van der Waals surface area contributed by atoms with Gasteiger partial charge >= 0.3 is 5.97 Å². The molecular formula is C21H27ClO5. The molecule has 148 valence electrons. The zero-order valence-corrected chi connectivity index (χ0v) is 17.2. The summed E-state index contributed by atoms with van der Waals surface area (Å²) in [6, 6.07) is 0. The lowest BCUT2D eigenvalue weighted by Crippen LogP contribution is -2.57. The standard InChI is InChI=1S/C21H27ClO5/c1-6-12(2)9-13(3)7-8-15-10-16-17(11-26-15)20(27-14(4)23)21(5,25)19(24)18(16)22/h7-10,12,17,20,25H,6,11H2,1-5H3/b8-7+,13-9+/t12?,17-,20+,21-/m1/s1. The molecule has 0 aromatic heterocycles. The highest BCUT2D eigenvalue weighted by Crippen LogP contribution is 2.41. The number of halogens is 1. The fourth-order valence-electron chi connectivity index (χ4n) is 3.24. The maximum Gasteiger partial charge on any atom is 0.303 e. The van der Waals surface area contributed by atoms with E-state index in [0.29, 0.717) is 17.3 Å². The highest BCUT2D eigenvalue weighted by molar-refractivity contribution is 6.44. The maximum absolute atomic E-state index is 12.5. The van der Waals surface area contributed by atoms with Crippen molar-refractivity contribution in [1.82, 2.24) is 0 Å². The molecule has 0 bridgehead atoms. The third-order valence-electron chi connectivity index (χ3n) is 4.95. The molecular weight excluding hydrogens is 368 g/mol. The van der Waals surface area contributed by atoms with Gasteiger partial charge in [0.25, 0.3) is 0 Å². The van der Waals surface area contributed by atoms with E-state index in [9.17, 15) is 14.7 Å². The topological polar surface area (TPSA) is 72.8 Å². The molecule has 5 nitrogen and oxygen atoms in total. The number of hydrogen-bond donors (Lipinski definition) is 1. The molecule has 0 saturated carbocycles. The number of esters is 1. The Labute approximate surface area is 165 Å². The first-order chi connectivity index (χ1) is 12.6. The number of hydrogen-bond acceptors (Lipinski definition) is 5. The van der Waals surface area contributed by atoms with Gasteiger partial charge in [0.1, 0.15) is 11.9 Å². The first kappa shape index (κ1) is 21.5. The number of fused-ring (bicyclic) bond motifs is 1. The number of ether oxygens (including phenoxy) is 2. The summed E-state index contributed by atoms with van der Waals surface area (Å²) in [6.45, 7) is 8.99. The minimum atomic E-state index is -1.89. The summed E-state index contributed by atoms with van der Waals surface area (Å²) in [5, 5.41) is 10.5. The molecule has 1 N–H and O–H groups in total. The van der Waals surface area contributed by atoms with Crippen LogP contribution in [0.5, 0.6) is 0 Å². The second-order valence-electron chi connectivity index (χ2n) is 7.37. The predicted octanol–water partition coefficient (Wildman–Crippen LogP) is 3.82. The summed E-state index contributed by atoms with van der Waals surface area (Å²) in [6.07, 6.45) is 7.62. The normalized spacial score (nSPS) is 30.0. The Morgan fingerprint density at radius 1 is 1.52 bits per heavy atom. The Morgan fingerprint density at radius 3 is 2.78 bits per heavy atom. The van der Waals surface area contributed by atoms with E-state index in [1.807, 2.05) is 19.1 Å². The van der Waals surface area contributed by atoms with Gasteiger partial charge in [-0.25, -0.2) is 0 Å². The van der Waals surface area contributed by atoms with Crippen LogP contribution in [0.1, 0.15) is 41.0 Å². The molecule has 27 heavy (non-hydrogen) atoms. The van der Waals surface area contributed by atoms with E-state index in [1.165, 1.54) is 13.8 Å². The minimum absolute atomic E-state index is 0.0468. The van der Waals surface area contributed by atoms with Gasteiger partial charge in [-0.15, -0.1) is 0 Å². The first-order valence-corrected chi connectivity index (χ1v) is 9.50. The fraction of sp³-hybridized carbons (Fsp3) is 0.524. The highest BCUT2D eigenvalue weighted by Gasteiger charge is 2.53. The lowest BCUT2D eigenvalue weighted by atomic mass is 9.74. The van der Waals surface area contributed by atoms with Gasteiger partial charge in [0, 0.05) is 6.92 Å². The van der Waals surface area contributed by atoms with Crippen LogP contribution in [0.4, 0.5) is 0 Å². The van der Waals surface area contributed by atoms with E-state index in [0.717, 1.165) is 12.0 Å². The van der Waals surface area contributed by atoms with Crippen molar-refractivity contribution in [3.8, 4) is 0 Å². The van der Waals surface area contributed by atoms with Gasteiger partial charge in [-0.05, 0) is 37.5 Å². The molecule has 4 atom stereocenters. The van der Waals surface area contributed by atoms with Gasteiger partial charge in [0.15, 0.2) is 5.60 Å². The van der Waals surface area contributed by atoms with Gasteiger partial charge in [-0.3, -0.25) is 9.59 Å². The van der Waals surface area contributed by atoms with Gasteiger partial charge in [-0.2, -0.15) is 0 Å². The van der Waals surface area contributed by atoms with Crippen LogP contribution in [0, 0.1) is 11.8 Å². The fourth-order valence-corrected chi connectivity index (χ4v) is 3.62. The van der Waals surface area contributed by atoms with Gasteiger partial charge in [0.2, 0.25) is 5.78 Å². The molecule has 0 aromatic rings. The average molecular weight is 395 g/mol. The zero-order chi connectivity index (χ0) is 20.4. The van der Waals surface area contributed by atoms with Crippen molar-refractivity contribution in [2.24, 2.45) is 11.8 Å². The lowest BCUT2D eigenvalue weighted by Gasteiger charge is -2.42. The second kappa shape index (κ2) is 8.44. The van der Waals surface area contributed by atoms with Crippen LogP contribution in [-0.4, -0.2) is 35.2 Å². The Morgan fingerprint density at radius 2 is 2.19 bits per heavy atom. The van der Waals surface area contributed by atoms with Crippen LogP contribution in [0.3, 0.4) is 0 Å². The molecule has 0 saturated heterocycles. The molecule has 0 spiro atoms. The van der Waals surface area contributed by atoms with Crippen molar-refractivity contribution >= 4 is 23.4 Å². The lowest BCUT2D eigenvalue weighted by molar-refractivity contribution is -0.174. The molecule has 2 aliphatic rings. The molecule has 1 heterocycles. The first-order valence-electron chi connectivity index (χ1n) is 9.13. The van der Waals surface area contributed by atoms with E-state index < -0.39 is 29.4 Å². The van der Waals surface area contributed by atoms with E-state index in [-0.39, 0.29) is 11.6 Å². The highest BCUT2D eigenvalue weighted by atomic mass is 35.5. The largest absolute Gasteiger partial charge is 0.493 e. The molecule has 1 aliphatic heterocycles. The van der Waals surface area contributed by atoms with Crippen molar-refractivity contribution in [2.75, 3.05) is 6.61 Å². The van der Waals surface area contributed by atoms with Crippen LogP contribution < -0.4 is 0 Å². The smallest absolute Gasteiger partial charge is 0.303 e. The van der Waals surface area contributed by atoms with Crippen LogP contribution in [-0.2, 0) is 19.1 Å². The average Bonchev–Trinajstić information content (AvgIpc) is 2.61. The van der Waals surface area contributed by atoms with Gasteiger partial charge < -0.3 is 14.6 Å². The second-order valence-corrected chi connectivity index (χ2v) is 7.75. The molecule has 1 unspecified atom stereocenters. The van der Waals surface area contributed by atoms with E-state index in [1.54, 1.807) is 6.08 Å². The van der Waals surface area contributed by atoms with Crippen LogP contribution in [0.2, 0.25) is 0 Å². The van der Waals surface area contributed by atoms with E-state index in [2.05, 4.69) is 19.9 Å². The SMILES string of the molecule is CCC(C)/C=C(C)/C=C/C1=CC2=C(Cl)C(=O)[C@@](C)(O)[C@@H](OC(C)=O)[C@@H]2CO1. The molecule has 0 radical (unpaired) electrons. The molecule has 0 amide bonds. The quantitative estimate of drug-likeness (QED) is 0.566. The van der Waals surface area contributed by atoms with Crippen LogP contribution >= 0.6 is 11.6 Å². The third-order valence-corrected chi connectivity index (χ3v) is 5.34. The van der Waals surface area contributed by atoms with Crippen LogP contribution in [0.15, 0.2) is 46.2 Å². The Hall–Kier alpha value is -1.85. The van der Waals surface area contributed by atoms with Crippen molar-refractivity contribution in [1.29, 1.82) is 0 Å². The van der Waals surface area contributed by atoms with Crippen LogP contribution in [0.25, 0.3) is 0 Å². The van der Waals surface area contributed by atoms with E-state index >= 15 is 0 Å². The number of carbonyl (C=O) groups excluding carboxylic acids is 2. The number of allylic oxidation sites excluding steroid dienone is 5. The zero-order valence-electron chi connectivity index (χ0n) is 16.4. The van der Waals surface area contributed by atoms with Crippen molar-refractivity contribution in [2.45, 2.75) is 52.7 Å². The summed E-state index contributed by atoms with van der Waals surface area (Å²) in [5.41, 5.74) is -0.262. The monoisotopic (exact) mass is 394 g/mol. The molecule has 0 aromatic carbocycles. The predicted molar refractivity (Wildman–Crippen MR) is 104 cm³/mol. The third kappa shape index (κ3) is 4.71. The van der Waals surface area contributed by atoms with Crippen molar-refractivity contribution in [3.05, 3.63) is 46.2 Å². The summed E-state index contributed by atoms with van der Waals surface area (Å²) >= 11 is 6.24. The molecule has 6 heteroatoms. The van der Waals surface area contributed by atoms with Crippen molar-refractivity contribution < 1.29 is 24.2 Å². The summed E-state index contributed by atoms with van der Waals surface area (Å²) < 4.78 is 11.0. The molecule has 2 rings (SSSR count). The summed E-state index contributed by atoms with van der Waals surface area (Å²) in [5.74, 6) is -0.697. The molecule has 1 aliphatic carbocycles. The van der Waals surface area contributed by atoms with E-state index in [4.69, 9.17) is 21.1 Å². The number of rotatable bonds is 5. The Balaban J connectivity index is 2.34. The Bertz CT molecular complexity index is 742. The number of Topliss-reactive ketones (excluding diaryl/α,β-unsaturated/α-hetero) is 1. The van der Waals surface area contributed by atoms with Gasteiger partial charge in [-0.1, -0.05) is 49.6 Å². The minimum Gasteiger partial charge on any atom is -0.493 e. The van der Waals surface area contributed by atoms with Gasteiger partial charge in [0.05, 0.1) is 17.6 Å². The summed E-state index contributed by atoms with van der Waals surface area (Å²) in [7, 11) is 0. The number of aliphatic hydroxyl groups is 1. The Kier molecular flexibility index (Phi) is 6.71. The number of ketones is 1. The molecule has 0 fully saturated rings. The van der Waals surface area contributed by atoms with Crippen molar-refractivity contribution in [3.63, 3.8) is 0 Å².